The van der Waals surface area contributed by atoms with Crippen LogP contribution < -0.4 is 5.73 Å². The van der Waals surface area contributed by atoms with E-state index in [1.54, 1.807) is 16.8 Å². The Morgan fingerprint density at radius 3 is 2.52 bits per heavy atom. The Hall–Kier alpha value is -2.48. The van der Waals surface area contributed by atoms with Gasteiger partial charge < -0.3 is 15.4 Å². The van der Waals surface area contributed by atoms with E-state index in [1.807, 2.05) is 0 Å². The van der Waals surface area contributed by atoms with Gasteiger partial charge in [0.15, 0.2) is 5.69 Å². The van der Waals surface area contributed by atoms with Gasteiger partial charge >= 0.3 is 12.1 Å². The third kappa shape index (κ3) is 2.26. The number of nitrogens with two attached hydrogens (primary N) is 1. The van der Waals surface area contributed by atoms with Gasteiger partial charge in [0, 0.05) is 10.8 Å². The van der Waals surface area contributed by atoms with E-state index in [0.717, 1.165) is 6.07 Å². The minimum atomic E-state index is -4.53. The molecule has 3 N–H and O–H groups in total. The summed E-state index contributed by atoms with van der Waals surface area (Å²) in [6.07, 6.45) is -4.53. The highest BCUT2D eigenvalue weighted by Gasteiger charge is 2.34. The van der Waals surface area contributed by atoms with Gasteiger partial charge in [-0.05, 0) is 36.1 Å². The summed E-state index contributed by atoms with van der Waals surface area (Å²) in [7, 11) is 0. The first-order valence-corrected chi connectivity index (χ1v) is 7.44. The zero-order valence-electron chi connectivity index (χ0n) is 11.8. The van der Waals surface area contributed by atoms with Gasteiger partial charge in [0.25, 0.3) is 0 Å². The Kier molecular flexibility index (Phi) is 3.36. The van der Waals surface area contributed by atoms with E-state index in [4.69, 9.17) is 5.73 Å². The number of carboxylic acids is 1. The highest BCUT2D eigenvalue weighted by atomic mass is 32.1. The third-order valence-corrected chi connectivity index (χ3v) is 4.38. The van der Waals surface area contributed by atoms with Crippen molar-refractivity contribution >= 4 is 33.9 Å². The number of nitrogens with zero attached hydrogens (tertiary/aromatic N) is 1. The SMILES string of the molecule is Cc1c(C(F)(F)F)ccc2c1c(N)c(C(=O)O)n2-c1ccsc1. The Bertz CT molecular complexity index is 911. The second-order valence-corrected chi connectivity index (χ2v) is 5.79. The fourth-order valence-electron chi connectivity index (χ4n) is 2.75. The standard InChI is InChI=1S/C15H11F3N2O2S/c1-7-9(15(16,17)18)2-3-10-11(7)12(19)13(14(21)22)20(10)8-4-5-23-6-8/h2-6H,19H2,1H3,(H,21,22). The summed E-state index contributed by atoms with van der Waals surface area (Å²) < 4.78 is 40.6. The van der Waals surface area contributed by atoms with Gasteiger partial charge in [0.05, 0.1) is 22.5 Å². The molecule has 0 amide bonds. The lowest BCUT2D eigenvalue weighted by Gasteiger charge is -2.12. The molecule has 0 bridgehead atoms. The van der Waals surface area contributed by atoms with Gasteiger partial charge in [0.1, 0.15) is 0 Å². The number of benzene rings is 1. The highest BCUT2D eigenvalue weighted by Crippen LogP contribution is 2.40. The normalized spacial score (nSPS) is 12.0. The van der Waals surface area contributed by atoms with E-state index in [1.165, 1.54) is 28.9 Å². The molecule has 23 heavy (non-hydrogen) atoms. The summed E-state index contributed by atoms with van der Waals surface area (Å²) in [5.41, 5.74) is 5.48. The van der Waals surface area contributed by atoms with E-state index in [2.05, 4.69) is 0 Å². The second kappa shape index (κ2) is 5.02. The molecule has 4 nitrogen and oxygen atoms in total. The Morgan fingerprint density at radius 1 is 1.30 bits per heavy atom. The number of hydrogen-bond acceptors (Lipinski definition) is 3. The molecule has 0 aliphatic carbocycles. The summed E-state index contributed by atoms with van der Waals surface area (Å²) in [6, 6.07) is 3.89. The van der Waals surface area contributed by atoms with Crippen LogP contribution in [0.15, 0.2) is 29.0 Å². The van der Waals surface area contributed by atoms with Crippen molar-refractivity contribution in [2.45, 2.75) is 13.1 Å². The summed E-state index contributed by atoms with van der Waals surface area (Å²) in [5.74, 6) is -1.29. The average molecular weight is 340 g/mol. The molecule has 2 heterocycles. The van der Waals surface area contributed by atoms with Gasteiger partial charge in [0.2, 0.25) is 0 Å². The highest BCUT2D eigenvalue weighted by molar-refractivity contribution is 7.08. The van der Waals surface area contributed by atoms with Crippen molar-refractivity contribution in [3.8, 4) is 5.69 Å². The zero-order chi connectivity index (χ0) is 16.9. The van der Waals surface area contributed by atoms with Crippen molar-refractivity contribution in [1.82, 2.24) is 4.57 Å². The predicted molar refractivity (Wildman–Crippen MR) is 82.3 cm³/mol. The molecule has 8 heteroatoms. The van der Waals surface area contributed by atoms with Crippen LogP contribution >= 0.6 is 11.3 Å². The molecule has 3 aromatic rings. The average Bonchev–Trinajstić information content (AvgIpc) is 3.03. The number of aromatic carboxylic acids is 1. The number of nitrogen functional groups attached to an aromatic ring is 1. The van der Waals surface area contributed by atoms with Gasteiger partial charge in [-0.2, -0.15) is 24.5 Å². The first kappa shape index (κ1) is 15.4. The van der Waals surface area contributed by atoms with E-state index in [-0.39, 0.29) is 22.3 Å². The van der Waals surface area contributed by atoms with E-state index >= 15 is 0 Å². The van der Waals surface area contributed by atoms with Gasteiger partial charge in [-0.1, -0.05) is 0 Å². The molecule has 1 aromatic carbocycles. The van der Waals surface area contributed by atoms with Crippen LogP contribution in [-0.4, -0.2) is 15.6 Å². The number of aromatic nitrogens is 1. The maximum absolute atomic E-state index is 13.1. The molecule has 0 fully saturated rings. The number of anilines is 1. The lowest BCUT2D eigenvalue weighted by atomic mass is 10.0. The first-order chi connectivity index (χ1) is 10.7. The minimum Gasteiger partial charge on any atom is -0.476 e. The fraction of sp³-hybridized carbons (Fsp3) is 0.133. The van der Waals surface area contributed by atoms with Crippen molar-refractivity contribution in [3.05, 3.63) is 45.8 Å². The van der Waals surface area contributed by atoms with Crippen molar-refractivity contribution < 1.29 is 23.1 Å². The Balaban J connectivity index is 2.47. The molecular formula is C15H11F3N2O2S. The lowest BCUT2D eigenvalue weighted by Crippen LogP contribution is -2.08. The molecule has 3 rings (SSSR count). The molecule has 120 valence electrons. The molecular weight excluding hydrogens is 329 g/mol. The molecule has 0 saturated carbocycles. The van der Waals surface area contributed by atoms with Crippen molar-refractivity contribution in [2.24, 2.45) is 0 Å². The third-order valence-electron chi connectivity index (χ3n) is 3.70. The van der Waals surface area contributed by atoms with E-state index in [9.17, 15) is 23.1 Å². The number of alkyl halides is 3. The number of carboxylic acid groups (broad SMARTS) is 1. The van der Waals surface area contributed by atoms with E-state index < -0.39 is 17.7 Å². The Labute approximate surface area is 132 Å². The monoisotopic (exact) mass is 340 g/mol. The van der Waals surface area contributed by atoms with Crippen molar-refractivity contribution in [2.75, 3.05) is 5.73 Å². The molecule has 0 unspecified atom stereocenters. The minimum absolute atomic E-state index is 0.0796. The number of fused-ring (bicyclic) bond motifs is 1. The summed E-state index contributed by atoms with van der Waals surface area (Å²) in [6.45, 7) is 1.30. The van der Waals surface area contributed by atoms with Crippen LogP contribution in [0.3, 0.4) is 0 Å². The van der Waals surface area contributed by atoms with Crippen molar-refractivity contribution in [3.63, 3.8) is 0 Å². The van der Waals surface area contributed by atoms with Crippen LogP contribution in [0.25, 0.3) is 16.6 Å². The van der Waals surface area contributed by atoms with Crippen LogP contribution in [0.1, 0.15) is 21.6 Å². The maximum Gasteiger partial charge on any atom is 0.416 e. The van der Waals surface area contributed by atoms with Gasteiger partial charge in [-0.15, -0.1) is 0 Å². The number of carbonyl (C=O) groups is 1. The van der Waals surface area contributed by atoms with Crippen molar-refractivity contribution in [1.29, 1.82) is 0 Å². The Morgan fingerprint density at radius 2 is 2.00 bits per heavy atom. The quantitative estimate of drug-likeness (QED) is 0.731. The molecule has 0 saturated heterocycles. The van der Waals surface area contributed by atoms with Gasteiger partial charge in [-0.3, -0.25) is 0 Å². The number of rotatable bonds is 2. The van der Waals surface area contributed by atoms with E-state index in [0.29, 0.717) is 11.2 Å². The number of aryl methyl sites for hydroxylation is 1. The fourth-order valence-corrected chi connectivity index (χ4v) is 3.37. The molecule has 0 aliphatic heterocycles. The topological polar surface area (TPSA) is 68.2 Å². The summed E-state index contributed by atoms with van der Waals surface area (Å²) >= 11 is 1.35. The molecule has 0 radical (unpaired) electrons. The number of thiophene rings is 1. The predicted octanol–water partition coefficient (Wildman–Crippen LogP) is 4.30. The summed E-state index contributed by atoms with van der Waals surface area (Å²) in [4.78, 5) is 11.6. The number of halogens is 3. The number of hydrogen-bond donors (Lipinski definition) is 2. The molecule has 0 aliphatic rings. The van der Waals surface area contributed by atoms with Crippen LogP contribution in [0, 0.1) is 6.92 Å². The first-order valence-electron chi connectivity index (χ1n) is 6.50. The molecule has 2 aromatic heterocycles. The largest absolute Gasteiger partial charge is 0.476 e. The molecule has 0 atom stereocenters. The van der Waals surface area contributed by atoms with Crippen LogP contribution in [0.5, 0.6) is 0 Å². The van der Waals surface area contributed by atoms with Crippen LogP contribution in [-0.2, 0) is 6.18 Å². The van der Waals surface area contributed by atoms with Gasteiger partial charge in [-0.25, -0.2) is 4.79 Å². The smallest absolute Gasteiger partial charge is 0.416 e. The van der Waals surface area contributed by atoms with Crippen LogP contribution in [0.2, 0.25) is 0 Å². The summed E-state index contributed by atoms with van der Waals surface area (Å²) in [5, 5.41) is 13.0. The zero-order valence-corrected chi connectivity index (χ0v) is 12.6. The maximum atomic E-state index is 13.1. The lowest BCUT2D eigenvalue weighted by molar-refractivity contribution is -0.137. The van der Waals surface area contributed by atoms with Crippen LogP contribution in [0.4, 0.5) is 18.9 Å². The molecule has 0 spiro atoms. The second-order valence-electron chi connectivity index (χ2n) is 5.01.